The number of ketones is 3. The summed E-state index contributed by atoms with van der Waals surface area (Å²) in [6.45, 7) is 9.62. The van der Waals surface area contributed by atoms with Gasteiger partial charge in [-0.1, -0.05) is 36.4 Å². The Morgan fingerprint density at radius 3 is 1.44 bits per heavy atom. The number of likely N-dealkylation sites (N-methyl/N-ethyl adjacent to an activating group) is 1. The molecule has 2 aliphatic carbocycles. The minimum Gasteiger partial charge on any atom is -0.480 e. The van der Waals surface area contributed by atoms with Crippen LogP contribution < -0.4 is 34.9 Å². The lowest BCUT2D eigenvalue weighted by Crippen LogP contribution is -2.47. The number of piperazine rings is 1. The number of carbonyl (C=O) groups excluding carboxylic acids is 6. The molecule has 0 bridgehead atoms. The van der Waals surface area contributed by atoms with Crippen LogP contribution in [0, 0.1) is 23.3 Å². The van der Waals surface area contributed by atoms with Gasteiger partial charge in [0, 0.05) is 204 Å². The topological polar surface area (TPSA) is 471 Å². The highest BCUT2D eigenvalue weighted by Crippen LogP contribution is 2.39. The number of carbonyl (C=O) groups is 6. The summed E-state index contributed by atoms with van der Waals surface area (Å²) in [7, 11) is -11.2. The second-order valence-electron chi connectivity index (χ2n) is 32.1. The van der Waals surface area contributed by atoms with E-state index in [2.05, 4.69) is 85.2 Å². The Bertz CT molecular complexity index is 7590. The lowest BCUT2D eigenvalue weighted by Gasteiger charge is -2.32. The minimum atomic E-state index is -4.39. The van der Waals surface area contributed by atoms with Gasteiger partial charge in [0.25, 0.3) is 30.1 Å². The summed E-state index contributed by atoms with van der Waals surface area (Å²) in [6.07, 6.45) is 23.8. The van der Waals surface area contributed by atoms with Crippen molar-refractivity contribution in [3.05, 3.63) is 295 Å². The third kappa shape index (κ3) is 27.0. The van der Waals surface area contributed by atoms with Gasteiger partial charge < -0.3 is 30.3 Å². The van der Waals surface area contributed by atoms with E-state index in [-0.39, 0.29) is 81.3 Å². The van der Waals surface area contributed by atoms with Crippen molar-refractivity contribution in [2.24, 2.45) is 0 Å². The van der Waals surface area contributed by atoms with E-state index >= 15 is 0 Å². The lowest BCUT2D eigenvalue weighted by atomic mass is 10.0. The molecule has 1 saturated heterocycles. The highest BCUT2D eigenvalue weighted by molar-refractivity contribution is 7.98. The van der Waals surface area contributed by atoms with Crippen molar-refractivity contribution >= 4 is 120 Å². The number of Topliss-reactive ketones (excluding diaryl/α,β-unsaturated/α-hetero) is 3. The second-order valence-corrected chi connectivity index (χ2v) is 39.4. The lowest BCUT2D eigenvalue weighted by molar-refractivity contribution is -0.118. The predicted octanol–water partition coefficient (Wildman–Crippen LogP) is 13.5. The van der Waals surface area contributed by atoms with Crippen LogP contribution in [0.1, 0.15) is 81.2 Å². The molecule has 1 aliphatic heterocycles. The van der Waals surface area contributed by atoms with Crippen molar-refractivity contribution in [2.45, 2.75) is 94.6 Å². The molecule has 5 N–H and O–H groups in total. The number of anilines is 5. The summed E-state index contributed by atoms with van der Waals surface area (Å²) in [5.74, 6) is -3.67. The normalized spacial score (nSPS) is 13.0. The molecule has 17 rings (SSSR count). The van der Waals surface area contributed by atoms with Gasteiger partial charge in [0.2, 0.25) is 39.5 Å². The van der Waals surface area contributed by atoms with Gasteiger partial charge in [-0.2, -0.15) is 13.5 Å². The molecule has 3 aliphatic rings. The van der Waals surface area contributed by atoms with E-state index in [0.717, 1.165) is 91.6 Å². The number of rotatable bonds is 28. The van der Waals surface area contributed by atoms with Gasteiger partial charge in [0.1, 0.15) is 84.6 Å². The summed E-state index contributed by atoms with van der Waals surface area (Å²) in [6, 6.07) is 40.0. The van der Waals surface area contributed by atoms with Crippen LogP contribution in [0.5, 0.6) is 11.8 Å². The molecule has 140 heavy (non-hydrogen) atoms. The molecule has 14 aromatic rings. The third-order valence-corrected chi connectivity index (χ3v) is 27.8. The smallest absolute Gasteiger partial charge is 0.267 e. The van der Waals surface area contributed by atoms with Crippen molar-refractivity contribution in [3.8, 4) is 67.4 Å². The number of hydrogen-bond donors (Lipinski definition) is 5. The third-order valence-electron chi connectivity index (χ3n) is 21.1. The Morgan fingerprint density at radius 1 is 0.429 bits per heavy atom. The molecule has 2 fully saturated rings. The molecule has 0 spiro atoms. The number of methoxy groups -OCH3 is 2. The molecule has 35 nitrogen and oxygen atoms in total. The van der Waals surface area contributed by atoms with E-state index in [9.17, 15) is 80.0 Å². The molecular weight excluding hydrogens is 1890 g/mol. The SMILES string of the molecule is CC(=O)Cc1cc(-c2cnc3c(c2)C(S(=O)(=O)N2CCN(C)CC2)=CC3)ccn1.CC(=O)Nc1cc(-c2cnc3cn(S(=O)(=O)C4CC4)nc3c2)ccn1.CC(=O)Nc1cc(-c2cncc(CC(=O)Cc3ccccc3)c2)ccn1.COc1ncc(-c2ccnc(CC(C)=O)c2)cc1NS(=O)(=O)c1ccc(F)cc1F.COc1ncc(-c2ccnc(NC(C)=O)c2)cc1S(=O)(=O)Nc1ccc(F)cc1F. The zero-order valence-corrected chi connectivity index (χ0v) is 79.6. The molecule has 722 valence electrons. The van der Waals surface area contributed by atoms with Crippen LogP contribution in [-0.2, 0) is 101 Å². The zero-order valence-electron chi connectivity index (χ0n) is 76.3. The molecule has 0 radical (unpaired) electrons. The number of amides is 3. The molecule has 12 heterocycles. The highest BCUT2D eigenvalue weighted by Gasteiger charge is 2.39. The molecule has 0 unspecified atom stereocenters. The monoisotopic (exact) mass is 1980 g/mol. The maximum absolute atomic E-state index is 14.0. The standard InChI is InChI=1S/C21H24N4O3S.C21H19N3O2.C20H17F2N3O4S.C19H16F2N4O4S.C16H15N5O3S/c1-15(26)11-18-12-16(5-6-22-18)17-13-19-20(23-14-17)3-4-21(19)29(27,28)25-9-7-24(2)8-10-25;1-15(25)24-21-12-18(7-8-23-21)19-9-17(13-22-14-19)11-20(26)10-16-5-3-2-4-6-16;1-12(26)7-16-8-13(5-6-23-16)14-9-18(20(29-2)24-11-14)25-30(27,28)19-4-3-15(21)10-17(19)22;1-11(26)24-18-8-12(5-6-22-18)13-7-17(19(29-2)23-10-13)30(27,28)25-16-4-3-14(20)9-15(16)21;1-10(22)19-16-7-11(4-5-17-16)12-6-14-15(18-8-12)9-21(20-14)25(23,24)13-2-3-13/h4-6,12-14H,3,7-11H2,1-2H3;2-9,12-14H,10-11H2,1H3,(H,23,24,25);3-6,8-11,25H,7H2,1-2H3;3-10,25H,1-2H3,(H,22,24,26);4-9,13H,2-3H2,1H3,(H,17,19,22). The predicted molar refractivity (Wildman–Crippen MR) is 516 cm³/mol. The number of halogens is 4. The molecule has 1 saturated carbocycles. The van der Waals surface area contributed by atoms with Crippen molar-refractivity contribution in [2.75, 3.05) is 72.8 Å². The number of ether oxygens (including phenoxy) is 2. The van der Waals surface area contributed by atoms with E-state index < -0.39 is 73.9 Å². The molecule has 3 aromatic carbocycles. The van der Waals surface area contributed by atoms with Crippen LogP contribution in [0.4, 0.5) is 46.4 Å². The Kier molecular flexibility index (Phi) is 32.8. The van der Waals surface area contributed by atoms with Crippen molar-refractivity contribution < 1.29 is 89.5 Å². The quantitative estimate of drug-likeness (QED) is 0.0284. The van der Waals surface area contributed by atoms with E-state index in [0.29, 0.717) is 124 Å². The van der Waals surface area contributed by atoms with Gasteiger partial charge in [0.05, 0.1) is 42.0 Å². The molecule has 43 heteroatoms. The molecule has 3 amide bonds. The van der Waals surface area contributed by atoms with Gasteiger partial charge in [-0.25, -0.2) is 76.2 Å². The fraction of sp³-hybridized carbons (Fsp3) is 0.206. The summed E-state index contributed by atoms with van der Waals surface area (Å²) in [5.41, 5.74) is 12.2. The first-order chi connectivity index (χ1) is 66.8. The Labute approximate surface area is 802 Å². The average Bonchev–Trinajstić information content (AvgIpc) is 1.61. The molecular formula is C97H91F4N19O16S4. The fourth-order valence-corrected chi connectivity index (χ4v) is 19.8. The van der Waals surface area contributed by atoms with Crippen molar-refractivity contribution in [1.82, 2.24) is 68.2 Å². The van der Waals surface area contributed by atoms with E-state index in [1.165, 1.54) is 98.0 Å². The first-order valence-corrected chi connectivity index (χ1v) is 48.8. The first-order valence-electron chi connectivity index (χ1n) is 42.9. The van der Waals surface area contributed by atoms with E-state index in [4.69, 9.17) is 9.47 Å². The van der Waals surface area contributed by atoms with Gasteiger partial charge in [-0.15, -0.1) is 0 Å². The number of hydrogen-bond acceptors (Lipinski definition) is 28. The number of sulfonamides is 3. The minimum absolute atomic E-state index is 0.0383. The van der Waals surface area contributed by atoms with Gasteiger partial charge >= 0.3 is 0 Å². The Balaban J connectivity index is 0.000000148. The van der Waals surface area contributed by atoms with Crippen molar-refractivity contribution in [1.29, 1.82) is 0 Å². The van der Waals surface area contributed by atoms with Crippen LogP contribution in [0.2, 0.25) is 0 Å². The first kappa shape index (κ1) is 102. The fourth-order valence-electron chi connectivity index (χ4n) is 14.3. The zero-order chi connectivity index (χ0) is 100. The summed E-state index contributed by atoms with van der Waals surface area (Å²) >= 11 is 0. The molecule has 0 atom stereocenters. The highest BCUT2D eigenvalue weighted by atomic mass is 32.2. The van der Waals surface area contributed by atoms with Crippen LogP contribution >= 0.6 is 0 Å². The number of fused-ring (bicyclic) bond motifs is 2. The number of benzene rings is 3. The van der Waals surface area contributed by atoms with E-state index in [1.54, 1.807) is 96.2 Å². The van der Waals surface area contributed by atoms with Crippen LogP contribution in [0.15, 0.2) is 248 Å². The second kappa shape index (κ2) is 45.1. The average molecular weight is 1980 g/mol. The Morgan fingerprint density at radius 2 is 0.907 bits per heavy atom. The van der Waals surface area contributed by atoms with Gasteiger partial charge in [0.15, 0.2) is 0 Å². The van der Waals surface area contributed by atoms with Crippen LogP contribution in [0.25, 0.3) is 71.6 Å². The number of pyridine rings is 10. The number of nitrogens with zero attached hydrogens (tertiary/aromatic N) is 14. The van der Waals surface area contributed by atoms with Crippen LogP contribution in [0.3, 0.4) is 0 Å². The maximum Gasteiger partial charge on any atom is 0.267 e. The van der Waals surface area contributed by atoms with Gasteiger partial charge in [-0.05, 0) is 188 Å². The summed E-state index contributed by atoms with van der Waals surface area (Å²) in [5, 5.41) is 11.7. The Hall–Kier alpha value is -15.6. The largest absolute Gasteiger partial charge is 0.480 e. The van der Waals surface area contributed by atoms with Crippen molar-refractivity contribution in [3.63, 3.8) is 0 Å². The molecule has 11 aromatic heterocycles. The summed E-state index contributed by atoms with van der Waals surface area (Å²) < 4.78 is 173. The number of nitrogens with one attached hydrogen (secondary N) is 5. The van der Waals surface area contributed by atoms with Gasteiger partial charge in [-0.3, -0.25) is 63.1 Å². The number of allylic oxidation sites excluding steroid dienone is 1. The van der Waals surface area contributed by atoms with Crippen LogP contribution in [-0.4, -0.2) is 190 Å². The summed E-state index contributed by atoms with van der Waals surface area (Å²) in [4.78, 5) is 112. The maximum atomic E-state index is 14.0. The number of aromatic nitrogens is 12. The van der Waals surface area contributed by atoms with E-state index in [1.807, 2.05) is 67.7 Å².